The largest absolute Gasteiger partial charge is 0.249 e. The summed E-state index contributed by atoms with van der Waals surface area (Å²) in [5.74, 6) is 0. The Hall–Kier alpha value is -0.380. The van der Waals surface area contributed by atoms with Gasteiger partial charge in [-0.1, -0.05) is 5.21 Å². The lowest BCUT2D eigenvalue weighted by atomic mass is 10.4. The molecule has 0 aliphatic heterocycles. The molecule has 0 radical (unpaired) electrons. The Bertz CT molecular complexity index is 366. The van der Waals surface area contributed by atoms with Crippen LogP contribution in [-0.2, 0) is 0 Å². The first-order valence-electron chi connectivity index (χ1n) is 5.58. The molecule has 3 nitrogen and oxygen atoms in total. The number of rotatable bonds is 1. The van der Waals surface area contributed by atoms with E-state index in [2.05, 4.69) is 26.2 Å². The van der Waals surface area contributed by atoms with Crippen molar-refractivity contribution >= 4 is 15.9 Å². The van der Waals surface area contributed by atoms with Crippen LogP contribution in [-0.4, -0.2) is 15.0 Å². The van der Waals surface area contributed by atoms with Crippen molar-refractivity contribution in [2.24, 2.45) is 0 Å². The van der Waals surface area contributed by atoms with Gasteiger partial charge in [0, 0.05) is 14.2 Å². The normalized spacial score (nSPS) is 26.1. The zero-order valence-electron chi connectivity index (χ0n) is 11.3. The van der Waals surface area contributed by atoms with E-state index in [9.17, 15) is 0 Å². The van der Waals surface area contributed by atoms with Crippen LogP contribution in [0.25, 0.3) is 0 Å². The Morgan fingerprint density at radius 1 is 2.00 bits per heavy atom. The average molecular weight is 197 g/mol. The molecule has 50 valence electrons. The maximum absolute atomic E-state index is 7.69. The predicted molar refractivity (Wildman–Crippen MR) is 38.1 cm³/mol. The molecule has 0 saturated heterocycles. The molecule has 1 heterocycles. The number of aromatic nitrogens is 3. The lowest BCUT2D eigenvalue weighted by Gasteiger charge is -2.00. The molecule has 0 aromatic carbocycles. The van der Waals surface area contributed by atoms with Crippen LogP contribution in [0.1, 0.15) is 29.3 Å². The highest BCUT2D eigenvalue weighted by molar-refractivity contribution is 9.10. The fourth-order valence-corrected chi connectivity index (χ4v) is 0.618. The van der Waals surface area contributed by atoms with Gasteiger partial charge in [0.25, 0.3) is 0 Å². The topological polar surface area (TPSA) is 30.7 Å². The molecule has 0 spiro atoms. The average Bonchev–Trinajstić information content (AvgIpc) is 2.46. The number of hydrogen-bond acceptors (Lipinski definition) is 2. The van der Waals surface area contributed by atoms with E-state index in [0.29, 0.717) is 4.68 Å². The van der Waals surface area contributed by atoms with Gasteiger partial charge in [0.05, 0.1) is 7.57 Å². The highest BCUT2D eigenvalue weighted by Gasteiger charge is 1.98. The molecule has 0 fully saturated rings. The van der Waals surface area contributed by atoms with Crippen molar-refractivity contribution < 1.29 is 9.60 Å². The van der Waals surface area contributed by atoms with Crippen LogP contribution >= 0.6 is 15.9 Å². The second kappa shape index (κ2) is 2.47. The summed E-state index contributed by atoms with van der Waals surface area (Å²) in [5, 5.41) is 6.75. The zero-order chi connectivity index (χ0) is 12.8. The minimum Gasteiger partial charge on any atom is -0.249 e. The first-order chi connectivity index (χ1) is 7.00. The zero-order valence-corrected chi connectivity index (χ0v) is 5.88. The fourth-order valence-electron chi connectivity index (χ4n) is 0.353. The molecule has 0 amide bonds. The van der Waals surface area contributed by atoms with Crippen molar-refractivity contribution in [3.05, 3.63) is 10.8 Å². The summed E-state index contributed by atoms with van der Waals surface area (Å²) in [6, 6.07) is -2.85. The van der Waals surface area contributed by atoms with Crippen molar-refractivity contribution in [3.8, 4) is 0 Å². The minimum absolute atomic E-state index is 0.164. The van der Waals surface area contributed by atoms with Gasteiger partial charge >= 0.3 is 0 Å². The number of halogens is 1. The third kappa shape index (κ3) is 1.51. The van der Waals surface area contributed by atoms with Gasteiger partial charge in [0.2, 0.25) is 0 Å². The lowest BCUT2D eigenvalue weighted by molar-refractivity contribution is 0.514. The van der Waals surface area contributed by atoms with E-state index in [4.69, 9.17) is 9.60 Å². The standard InChI is InChI=1S/C5H8BrN3/c1-4(2)9-3-5(6)7-8-9/h3-4H,1-2H3/i1D3,2D3,4D. The number of hydrogen-bond donors (Lipinski definition) is 0. The molecule has 9 heavy (non-hydrogen) atoms. The summed E-state index contributed by atoms with van der Waals surface area (Å²) in [5.41, 5.74) is 0. The van der Waals surface area contributed by atoms with Gasteiger partial charge in [-0.2, -0.15) is 0 Å². The molecule has 0 aliphatic rings. The van der Waals surface area contributed by atoms with Crippen molar-refractivity contribution in [3.63, 3.8) is 0 Å². The van der Waals surface area contributed by atoms with Gasteiger partial charge in [-0.3, -0.25) is 0 Å². The van der Waals surface area contributed by atoms with Gasteiger partial charge in [-0.25, -0.2) is 4.68 Å². The first kappa shape index (κ1) is 2.05. The lowest BCUT2D eigenvalue weighted by Crippen LogP contribution is -2.00. The Morgan fingerprint density at radius 2 is 2.78 bits per heavy atom. The van der Waals surface area contributed by atoms with Crippen molar-refractivity contribution in [2.75, 3.05) is 0 Å². The van der Waals surface area contributed by atoms with Crippen LogP contribution in [0.2, 0.25) is 0 Å². The predicted octanol–water partition coefficient (Wildman–Crippen LogP) is 1.62. The van der Waals surface area contributed by atoms with E-state index in [1.807, 2.05) is 0 Å². The van der Waals surface area contributed by atoms with E-state index in [-0.39, 0.29) is 4.60 Å². The molecule has 0 N–H and O–H groups in total. The minimum atomic E-state index is -3.05. The molecule has 4 heteroatoms. The van der Waals surface area contributed by atoms with Crippen LogP contribution in [0, 0.1) is 0 Å². The molecular weight excluding hydrogens is 182 g/mol. The van der Waals surface area contributed by atoms with E-state index < -0.39 is 19.7 Å². The molecule has 0 unspecified atom stereocenters. The third-order valence-corrected chi connectivity index (χ3v) is 1.06. The maximum atomic E-state index is 7.69. The smallest absolute Gasteiger partial charge is 0.148 e. The molecule has 0 aliphatic carbocycles. The van der Waals surface area contributed by atoms with E-state index in [0.717, 1.165) is 6.20 Å². The Morgan fingerprint density at radius 3 is 3.22 bits per heavy atom. The Balaban J connectivity index is 3.38. The SMILES string of the molecule is [2H]C([2H])([2H])C([2H])(n1cc(Br)nn1)C([2H])([2H])[2H]. The van der Waals surface area contributed by atoms with E-state index in [1.165, 1.54) is 0 Å². The highest BCUT2D eigenvalue weighted by atomic mass is 79.9. The number of nitrogens with zero attached hydrogens (tertiary/aromatic N) is 3. The Kier molecular flexibility index (Phi) is 0.564. The summed E-state index contributed by atoms with van der Waals surface area (Å²) in [4.78, 5) is 0. The van der Waals surface area contributed by atoms with Gasteiger partial charge in [-0.05, 0) is 29.6 Å². The van der Waals surface area contributed by atoms with Crippen LogP contribution in [0.4, 0.5) is 0 Å². The molecule has 1 aromatic heterocycles. The third-order valence-electron chi connectivity index (χ3n) is 0.695. The van der Waals surface area contributed by atoms with Crippen LogP contribution in [0.15, 0.2) is 10.8 Å². The van der Waals surface area contributed by atoms with Crippen molar-refractivity contribution in [1.29, 1.82) is 0 Å². The summed E-state index contributed by atoms with van der Waals surface area (Å²) in [6.45, 7) is -6.10. The molecule has 1 aromatic rings. The monoisotopic (exact) mass is 196 g/mol. The highest BCUT2D eigenvalue weighted by Crippen LogP contribution is 2.06. The fraction of sp³-hybridized carbons (Fsp3) is 0.600. The summed E-state index contributed by atoms with van der Waals surface area (Å²) < 4.78 is 51.4. The second-order valence-corrected chi connectivity index (χ2v) is 2.15. The van der Waals surface area contributed by atoms with Crippen molar-refractivity contribution in [2.45, 2.75) is 19.7 Å². The quantitative estimate of drug-likeness (QED) is 0.684. The van der Waals surface area contributed by atoms with Gasteiger partial charge in [0.15, 0.2) is 0 Å². The van der Waals surface area contributed by atoms with Gasteiger partial charge in [0.1, 0.15) is 4.60 Å². The molecule has 0 atom stereocenters. The van der Waals surface area contributed by atoms with E-state index >= 15 is 0 Å². The first-order valence-corrected chi connectivity index (χ1v) is 2.88. The van der Waals surface area contributed by atoms with Crippen LogP contribution in [0.3, 0.4) is 0 Å². The molecular formula is C5H8BrN3. The van der Waals surface area contributed by atoms with Crippen molar-refractivity contribution in [1.82, 2.24) is 15.0 Å². The molecule has 0 bridgehead atoms. The van der Waals surface area contributed by atoms with Gasteiger partial charge in [-0.15, -0.1) is 5.10 Å². The second-order valence-electron chi connectivity index (χ2n) is 1.33. The maximum Gasteiger partial charge on any atom is 0.148 e. The summed E-state index contributed by atoms with van der Waals surface area (Å²) in [6.07, 6.45) is 1.05. The molecule has 0 saturated carbocycles. The van der Waals surface area contributed by atoms with Crippen LogP contribution in [0.5, 0.6) is 0 Å². The van der Waals surface area contributed by atoms with E-state index in [1.54, 1.807) is 0 Å². The van der Waals surface area contributed by atoms with Crippen LogP contribution < -0.4 is 0 Å². The Labute approximate surface area is 72.0 Å². The summed E-state index contributed by atoms with van der Waals surface area (Å²) >= 11 is 2.91. The molecule has 1 rings (SSSR count). The summed E-state index contributed by atoms with van der Waals surface area (Å²) in [7, 11) is 0. The van der Waals surface area contributed by atoms with Gasteiger partial charge < -0.3 is 0 Å².